The second-order valence-corrected chi connectivity index (χ2v) is 11.1. The lowest BCUT2D eigenvalue weighted by molar-refractivity contribution is -0.142. The predicted octanol–water partition coefficient (Wildman–Crippen LogP) is 5.89. The summed E-state index contributed by atoms with van der Waals surface area (Å²) in [6.07, 6.45) is 4.93. The van der Waals surface area contributed by atoms with E-state index in [-0.39, 0.29) is 24.0 Å². The van der Waals surface area contributed by atoms with Gasteiger partial charge in [-0.15, -0.1) is 0 Å². The van der Waals surface area contributed by atoms with Gasteiger partial charge in [-0.25, -0.2) is 4.79 Å². The van der Waals surface area contributed by atoms with Gasteiger partial charge in [0, 0.05) is 19.5 Å². The first-order valence-electron chi connectivity index (χ1n) is 14.5. The van der Waals surface area contributed by atoms with Gasteiger partial charge in [0.1, 0.15) is 23.4 Å². The van der Waals surface area contributed by atoms with E-state index in [0.717, 1.165) is 44.1 Å². The molecular weight excluding hydrogens is 506 g/mol. The van der Waals surface area contributed by atoms with Gasteiger partial charge in [-0.1, -0.05) is 82.0 Å². The Morgan fingerprint density at radius 1 is 0.900 bits per heavy atom. The number of unbranched alkanes of at least 4 members (excludes halogenated alkanes) is 4. The zero-order valence-electron chi connectivity index (χ0n) is 24.7. The molecule has 2 rings (SSSR count). The summed E-state index contributed by atoms with van der Waals surface area (Å²) in [6.45, 7) is 10.3. The summed E-state index contributed by atoms with van der Waals surface area (Å²) >= 11 is 0. The average molecular weight is 554 g/mol. The van der Waals surface area contributed by atoms with Gasteiger partial charge in [0.15, 0.2) is 0 Å². The second kappa shape index (κ2) is 16.5. The number of benzene rings is 2. The standard InChI is InChI=1S/C32H47N3O5/c1-6-8-10-14-22-35(28(25-15-12-11-13-16-25)29(37)33-21-9-7-2)30(38)27(34-31(39)40-32(3,4)5)23-24-17-19-26(36)20-18-24/h11-13,15-20,27-28,36H,6-10,14,21-23H2,1-5H3,(H,33,37)(H,34,39). The highest BCUT2D eigenvalue weighted by Gasteiger charge is 2.36. The van der Waals surface area contributed by atoms with Crippen molar-refractivity contribution in [1.82, 2.24) is 15.5 Å². The van der Waals surface area contributed by atoms with Crippen molar-refractivity contribution in [1.29, 1.82) is 0 Å². The largest absolute Gasteiger partial charge is 0.508 e. The van der Waals surface area contributed by atoms with Gasteiger partial charge in [0.2, 0.25) is 11.8 Å². The summed E-state index contributed by atoms with van der Waals surface area (Å²) in [6, 6.07) is 14.0. The fourth-order valence-electron chi connectivity index (χ4n) is 4.39. The first-order chi connectivity index (χ1) is 19.1. The van der Waals surface area contributed by atoms with E-state index >= 15 is 0 Å². The molecule has 2 aromatic carbocycles. The molecule has 40 heavy (non-hydrogen) atoms. The molecule has 0 aliphatic heterocycles. The van der Waals surface area contributed by atoms with Crippen LogP contribution in [0, 0.1) is 0 Å². The summed E-state index contributed by atoms with van der Waals surface area (Å²) in [5, 5.41) is 15.5. The Kier molecular flexibility index (Phi) is 13.5. The molecule has 220 valence electrons. The average Bonchev–Trinajstić information content (AvgIpc) is 2.90. The number of rotatable bonds is 15. The Morgan fingerprint density at radius 2 is 1.55 bits per heavy atom. The molecule has 3 N–H and O–H groups in total. The molecule has 8 heteroatoms. The third-order valence-electron chi connectivity index (χ3n) is 6.41. The Labute approximate surface area is 239 Å². The van der Waals surface area contributed by atoms with Crippen molar-refractivity contribution < 1.29 is 24.2 Å². The molecular formula is C32H47N3O5. The molecule has 0 saturated heterocycles. The van der Waals surface area contributed by atoms with Crippen LogP contribution in [0.4, 0.5) is 4.79 Å². The highest BCUT2D eigenvalue weighted by molar-refractivity contribution is 5.92. The van der Waals surface area contributed by atoms with Crippen molar-refractivity contribution in [3.63, 3.8) is 0 Å². The van der Waals surface area contributed by atoms with Crippen LogP contribution in [0.2, 0.25) is 0 Å². The van der Waals surface area contributed by atoms with Gasteiger partial charge in [0.05, 0.1) is 0 Å². The summed E-state index contributed by atoms with van der Waals surface area (Å²) in [4.78, 5) is 42.5. The number of alkyl carbamates (subject to hydrolysis) is 1. The van der Waals surface area contributed by atoms with Crippen LogP contribution in [-0.2, 0) is 20.7 Å². The van der Waals surface area contributed by atoms with Gasteiger partial charge >= 0.3 is 6.09 Å². The molecule has 0 saturated carbocycles. The highest BCUT2D eigenvalue weighted by atomic mass is 16.6. The summed E-state index contributed by atoms with van der Waals surface area (Å²) < 4.78 is 5.49. The van der Waals surface area contributed by atoms with Crippen LogP contribution in [0.3, 0.4) is 0 Å². The van der Waals surface area contributed by atoms with E-state index in [9.17, 15) is 19.5 Å². The van der Waals surface area contributed by atoms with Crippen molar-refractivity contribution in [2.75, 3.05) is 13.1 Å². The first kappa shape index (κ1) is 32.7. The van der Waals surface area contributed by atoms with E-state index in [1.165, 1.54) is 0 Å². The molecule has 0 spiro atoms. The van der Waals surface area contributed by atoms with Crippen molar-refractivity contribution in [3.05, 3.63) is 65.7 Å². The molecule has 0 heterocycles. The maximum atomic E-state index is 14.4. The quantitative estimate of drug-likeness (QED) is 0.238. The maximum absolute atomic E-state index is 14.4. The fourth-order valence-corrected chi connectivity index (χ4v) is 4.39. The number of carbonyl (C=O) groups is 3. The van der Waals surface area contributed by atoms with Gasteiger partial charge in [0.25, 0.3) is 0 Å². The normalized spacial score (nSPS) is 12.7. The van der Waals surface area contributed by atoms with Gasteiger partial charge < -0.3 is 25.4 Å². The number of nitrogens with one attached hydrogen (secondary N) is 2. The van der Waals surface area contributed by atoms with Crippen molar-refractivity contribution in [2.45, 2.75) is 97.2 Å². The molecule has 0 aromatic heterocycles. The van der Waals surface area contributed by atoms with Gasteiger partial charge in [-0.2, -0.15) is 0 Å². The van der Waals surface area contributed by atoms with Gasteiger partial charge in [-0.3, -0.25) is 9.59 Å². The van der Waals surface area contributed by atoms with E-state index in [2.05, 4.69) is 24.5 Å². The van der Waals surface area contributed by atoms with Crippen LogP contribution in [0.15, 0.2) is 54.6 Å². The van der Waals surface area contributed by atoms with Crippen LogP contribution in [0.25, 0.3) is 0 Å². The van der Waals surface area contributed by atoms with Crippen LogP contribution < -0.4 is 10.6 Å². The summed E-state index contributed by atoms with van der Waals surface area (Å²) in [5.74, 6) is -0.503. The maximum Gasteiger partial charge on any atom is 0.408 e. The summed E-state index contributed by atoms with van der Waals surface area (Å²) in [5.41, 5.74) is 0.713. The molecule has 3 amide bonds. The van der Waals surface area contributed by atoms with Crippen LogP contribution in [0.1, 0.15) is 90.3 Å². The lowest BCUT2D eigenvalue weighted by Gasteiger charge is -2.34. The number of hydrogen-bond acceptors (Lipinski definition) is 5. The van der Waals surface area contributed by atoms with Crippen LogP contribution in [0.5, 0.6) is 5.75 Å². The number of nitrogens with zero attached hydrogens (tertiary/aromatic N) is 1. The molecule has 2 aromatic rings. The van der Waals surface area contributed by atoms with Crippen molar-refractivity contribution in [3.8, 4) is 5.75 Å². The van der Waals surface area contributed by atoms with Crippen molar-refractivity contribution >= 4 is 17.9 Å². The van der Waals surface area contributed by atoms with E-state index in [4.69, 9.17) is 4.74 Å². The molecule has 0 radical (unpaired) electrons. The molecule has 0 aliphatic rings. The molecule has 2 unspecified atom stereocenters. The fraction of sp³-hybridized carbons (Fsp3) is 0.531. The van der Waals surface area contributed by atoms with Crippen LogP contribution in [-0.4, -0.2) is 52.6 Å². The topological polar surface area (TPSA) is 108 Å². The first-order valence-corrected chi connectivity index (χ1v) is 14.5. The minimum absolute atomic E-state index is 0.108. The lowest BCUT2D eigenvalue weighted by atomic mass is 9.99. The third-order valence-corrected chi connectivity index (χ3v) is 6.41. The number of phenolic OH excluding ortho intramolecular Hbond substituents is 1. The molecule has 0 bridgehead atoms. The Bertz CT molecular complexity index is 1050. The van der Waals surface area contributed by atoms with E-state index in [1.54, 1.807) is 49.9 Å². The Balaban J connectivity index is 2.49. The van der Waals surface area contributed by atoms with E-state index in [1.807, 2.05) is 30.3 Å². The second-order valence-electron chi connectivity index (χ2n) is 11.1. The number of amides is 3. The zero-order chi connectivity index (χ0) is 29.5. The summed E-state index contributed by atoms with van der Waals surface area (Å²) in [7, 11) is 0. The lowest BCUT2D eigenvalue weighted by Crippen LogP contribution is -2.54. The predicted molar refractivity (Wildman–Crippen MR) is 158 cm³/mol. The van der Waals surface area contributed by atoms with Gasteiger partial charge in [-0.05, 0) is 56.9 Å². The number of phenols is 1. The molecule has 0 fully saturated rings. The third kappa shape index (κ3) is 11.3. The monoisotopic (exact) mass is 553 g/mol. The number of aromatic hydroxyl groups is 1. The number of carbonyl (C=O) groups excluding carboxylic acids is 3. The van der Waals surface area contributed by atoms with Crippen molar-refractivity contribution in [2.24, 2.45) is 0 Å². The minimum Gasteiger partial charge on any atom is -0.508 e. The number of hydrogen-bond donors (Lipinski definition) is 3. The number of ether oxygens (including phenoxy) is 1. The molecule has 2 atom stereocenters. The Morgan fingerprint density at radius 3 is 2.15 bits per heavy atom. The molecule has 0 aliphatic carbocycles. The van der Waals surface area contributed by atoms with Crippen LogP contribution >= 0.6 is 0 Å². The van der Waals surface area contributed by atoms with E-state index < -0.39 is 23.8 Å². The Hall–Kier alpha value is -3.55. The SMILES string of the molecule is CCCCCCN(C(=O)C(Cc1ccc(O)cc1)NC(=O)OC(C)(C)C)C(C(=O)NCCCC)c1ccccc1. The smallest absolute Gasteiger partial charge is 0.408 e. The zero-order valence-corrected chi connectivity index (χ0v) is 24.7. The minimum atomic E-state index is -0.986. The molecule has 8 nitrogen and oxygen atoms in total. The van der Waals surface area contributed by atoms with E-state index in [0.29, 0.717) is 18.7 Å². The highest BCUT2D eigenvalue weighted by Crippen LogP contribution is 2.25.